The van der Waals surface area contributed by atoms with E-state index in [0.29, 0.717) is 12.5 Å². The summed E-state index contributed by atoms with van der Waals surface area (Å²) in [5.74, 6) is 1.54. The van der Waals surface area contributed by atoms with Gasteiger partial charge in [-0.2, -0.15) is 0 Å². The van der Waals surface area contributed by atoms with E-state index < -0.39 is 0 Å². The second-order valence-corrected chi connectivity index (χ2v) is 6.81. The monoisotopic (exact) mass is 327 g/mol. The van der Waals surface area contributed by atoms with Crippen LogP contribution in [0.15, 0.2) is 28.8 Å². The number of benzene rings is 1. The molecule has 1 atom stereocenters. The van der Waals surface area contributed by atoms with E-state index in [1.807, 2.05) is 43.0 Å². The lowest BCUT2D eigenvalue weighted by atomic mass is 9.99. The number of hydrogen-bond donors (Lipinski definition) is 1. The molecule has 2 heterocycles. The van der Waals surface area contributed by atoms with Crippen LogP contribution in [0.25, 0.3) is 0 Å². The van der Waals surface area contributed by atoms with Gasteiger partial charge in [-0.25, -0.2) is 0 Å². The van der Waals surface area contributed by atoms with E-state index in [4.69, 9.17) is 4.52 Å². The van der Waals surface area contributed by atoms with Gasteiger partial charge >= 0.3 is 0 Å². The van der Waals surface area contributed by atoms with Gasteiger partial charge in [0.25, 0.3) is 5.91 Å². The standard InChI is InChI=1S/C19H25N3O2/c1-13-5-4-8-22(12-13)19(23)16-6-7-18(14(2)9-16)20-11-17-10-15(3)24-21-17/h6-7,9-10,13,20H,4-5,8,11-12H2,1-3H3/t13-/m0/s1. The molecule has 1 fully saturated rings. The van der Waals surface area contributed by atoms with Crippen molar-refractivity contribution in [3.63, 3.8) is 0 Å². The first-order valence-electron chi connectivity index (χ1n) is 8.59. The van der Waals surface area contributed by atoms with Gasteiger partial charge in [0, 0.05) is 30.4 Å². The molecule has 5 heteroatoms. The number of hydrogen-bond acceptors (Lipinski definition) is 4. The van der Waals surface area contributed by atoms with Gasteiger partial charge < -0.3 is 14.7 Å². The van der Waals surface area contributed by atoms with E-state index in [-0.39, 0.29) is 5.91 Å². The van der Waals surface area contributed by atoms with Gasteiger partial charge in [0.05, 0.1) is 6.54 Å². The van der Waals surface area contributed by atoms with Crippen LogP contribution in [0, 0.1) is 19.8 Å². The summed E-state index contributed by atoms with van der Waals surface area (Å²) in [5, 5.41) is 7.32. The molecule has 0 unspecified atom stereocenters. The number of piperidine rings is 1. The maximum atomic E-state index is 12.7. The van der Waals surface area contributed by atoms with Gasteiger partial charge in [-0.05, 0) is 56.4 Å². The lowest BCUT2D eigenvalue weighted by molar-refractivity contribution is 0.0683. The third-order valence-corrected chi connectivity index (χ3v) is 4.55. The number of carbonyl (C=O) groups is 1. The van der Waals surface area contributed by atoms with Crippen molar-refractivity contribution in [1.82, 2.24) is 10.1 Å². The molecule has 24 heavy (non-hydrogen) atoms. The molecule has 1 aliphatic rings. The van der Waals surface area contributed by atoms with Crippen LogP contribution in [-0.2, 0) is 6.54 Å². The van der Waals surface area contributed by atoms with E-state index in [9.17, 15) is 4.79 Å². The van der Waals surface area contributed by atoms with Crippen molar-refractivity contribution >= 4 is 11.6 Å². The van der Waals surface area contributed by atoms with Gasteiger partial charge in [0.1, 0.15) is 11.5 Å². The SMILES string of the molecule is Cc1cc(CNc2ccc(C(=O)N3CCC[C@H](C)C3)cc2C)no1. The number of aryl methyl sites for hydroxylation is 2. The highest BCUT2D eigenvalue weighted by atomic mass is 16.5. The summed E-state index contributed by atoms with van der Waals surface area (Å²) < 4.78 is 5.07. The summed E-state index contributed by atoms with van der Waals surface area (Å²) >= 11 is 0. The molecule has 128 valence electrons. The molecule has 0 radical (unpaired) electrons. The van der Waals surface area contributed by atoms with Crippen LogP contribution in [0.4, 0.5) is 5.69 Å². The molecule has 1 saturated heterocycles. The largest absolute Gasteiger partial charge is 0.379 e. The fraction of sp³-hybridized carbons (Fsp3) is 0.474. The highest BCUT2D eigenvalue weighted by molar-refractivity contribution is 5.95. The first kappa shape index (κ1) is 16.6. The van der Waals surface area contributed by atoms with Gasteiger partial charge in [-0.1, -0.05) is 12.1 Å². The van der Waals surface area contributed by atoms with Crippen molar-refractivity contribution in [1.29, 1.82) is 0 Å². The fourth-order valence-corrected chi connectivity index (χ4v) is 3.24. The second kappa shape index (κ2) is 7.07. The summed E-state index contributed by atoms with van der Waals surface area (Å²) in [6.45, 7) is 8.45. The topological polar surface area (TPSA) is 58.4 Å². The lowest BCUT2D eigenvalue weighted by Crippen LogP contribution is -2.39. The normalized spacial score (nSPS) is 17.8. The minimum atomic E-state index is 0.142. The number of nitrogens with one attached hydrogen (secondary N) is 1. The third-order valence-electron chi connectivity index (χ3n) is 4.55. The summed E-state index contributed by atoms with van der Waals surface area (Å²) in [6.07, 6.45) is 2.32. The predicted octanol–water partition coefficient (Wildman–Crippen LogP) is 3.78. The van der Waals surface area contributed by atoms with Crippen LogP contribution >= 0.6 is 0 Å². The van der Waals surface area contributed by atoms with Crippen molar-refractivity contribution < 1.29 is 9.32 Å². The van der Waals surface area contributed by atoms with Crippen molar-refractivity contribution in [3.8, 4) is 0 Å². The average Bonchev–Trinajstić information content (AvgIpc) is 2.98. The van der Waals surface area contributed by atoms with Crippen LogP contribution in [0.3, 0.4) is 0 Å². The summed E-state index contributed by atoms with van der Waals surface area (Å²) in [5.41, 5.74) is 3.71. The number of rotatable bonds is 4. The van der Waals surface area contributed by atoms with Crippen molar-refractivity contribution in [3.05, 3.63) is 46.8 Å². The third kappa shape index (κ3) is 3.78. The minimum absolute atomic E-state index is 0.142. The molecule has 0 saturated carbocycles. The second-order valence-electron chi connectivity index (χ2n) is 6.81. The van der Waals surface area contributed by atoms with Crippen LogP contribution in [0.2, 0.25) is 0 Å². The number of nitrogens with zero attached hydrogens (tertiary/aromatic N) is 2. The van der Waals surface area contributed by atoms with E-state index in [1.54, 1.807) is 0 Å². The first-order valence-corrected chi connectivity index (χ1v) is 8.59. The summed E-state index contributed by atoms with van der Waals surface area (Å²) in [7, 11) is 0. The van der Waals surface area contributed by atoms with Crippen molar-refractivity contribution in [2.24, 2.45) is 5.92 Å². The Labute approximate surface area is 143 Å². The Hall–Kier alpha value is -2.30. The van der Waals surface area contributed by atoms with Gasteiger partial charge in [-0.15, -0.1) is 0 Å². The highest BCUT2D eigenvalue weighted by Gasteiger charge is 2.22. The lowest BCUT2D eigenvalue weighted by Gasteiger charge is -2.31. The maximum Gasteiger partial charge on any atom is 0.253 e. The van der Waals surface area contributed by atoms with E-state index >= 15 is 0 Å². The molecule has 2 aromatic rings. The molecular formula is C19H25N3O2. The van der Waals surface area contributed by atoms with E-state index in [1.165, 1.54) is 6.42 Å². The molecule has 1 aromatic carbocycles. The molecule has 3 rings (SSSR count). The molecule has 1 aliphatic heterocycles. The number of amides is 1. The molecule has 1 aromatic heterocycles. The fourth-order valence-electron chi connectivity index (χ4n) is 3.24. The van der Waals surface area contributed by atoms with Gasteiger partial charge in [0.15, 0.2) is 0 Å². The molecule has 0 spiro atoms. The summed E-state index contributed by atoms with van der Waals surface area (Å²) in [4.78, 5) is 14.7. The number of aromatic nitrogens is 1. The van der Waals surface area contributed by atoms with Gasteiger partial charge in [0.2, 0.25) is 0 Å². The average molecular weight is 327 g/mol. The number of anilines is 1. The zero-order chi connectivity index (χ0) is 17.1. The van der Waals surface area contributed by atoms with Crippen LogP contribution in [0.5, 0.6) is 0 Å². The Morgan fingerprint density at radius 3 is 2.88 bits per heavy atom. The van der Waals surface area contributed by atoms with Crippen molar-refractivity contribution in [2.45, 2.75) is 40.2 Å². The maximum absolute atomic E-state index is 12.7. The van der Waals surface area contributed by atoms with Gasteiger partial charge in [-0.3, -0.25) is 4.79 Å². The van der Waals surface area contributed by atoms with E-state index in [0.717, 1.165) is 47.8 Å². The van der Waals surface area contributed by atoms with E-state index in [2.05, 4.69) is 17.4 Å². The molecule has 5 nitrogen and oxygen atoms in total. The number of likely N-dealkylation sites (tertiary alicyclic amines) is 1. The van der Waals surface area contributed by atoms with Crippen molar-refractivity contribution in [2.75, 3.05) is 18.4 Å². The van der Waals surface area contributed by atoms with Crippen LogP contribution in [0.1, 0.15) is 47.1 Å². The Morgan fingerprint density at radius 2 is 2.21 bits per heavy atom. The highest BCUT2D eigenvalue weighted by Crippen LogP contribution is 2.21. The Kier molecular flexibility index (Phi) is 4.88. The zero-order valence-electron chi connectivity index (χ0n) is 14.6. The molecule has 1 N–H and O–H groups in total. The Balaban J connectivity index is 1.66. The quantitative estimate of drug-likeness (QED) is 0.928. The molecular weight excluding hydrogens is 302 g/mol. The molecule has 1 amide bonds. The molecule has 0 bridgehead atoms. The molecule has 0 aliphatic carbocycles. The zero-order valence-corrected chi connectivity index (χ0v) is 14.6. The smallest absolute Gasteiger partial charge is 0.253 e. The van der Waals surface area contributed by atoms with Crippen LogP contribution < -0.4 is 5.32 Å². The number of carbonyl (C=O) groups excluding carboxylic acids is 1. The Morgan fingerprint density at radius 1 is 1.38 bits per heavy atom. The van der Waals surface area contributed by atoms with Crippen LogP contribution in [-0.4, -0.2) is 29.1 Å². The first-order chi connectivity index (χ1) is 11.5. The summed E-state index contributed by atoms with van der Waals surface area (Å²) in [6, 6.07) is 7.77. The predicted molar refractivity (Wildman–Crippen MR) is 94.0 cm³/mol. The minimum Gasteiger partial charge on any atom is -0.379 e. The Bertz CT molecular complexity index is 723.